The van der Waals surface area contributed by atoms with Crippen molar-refractivity contribution in [2.45, 2.75) is 25.4 Å². The summed E-state index contributed by atoms with van der Waals surface area (Å²) in [7, 11) is 1.41. The molecule has 1 heterocycles. The number of hydrogen-bond donors (Lipinski definition) is 1. The summed E-state index contributed by atoms with van der Waals surface area (Å²) in [6.07, 6.45) is 1.21. The fourth-order valence-electron chi connectivity index (χ4n) is 2.74. The highest BCUT2D eigenvalue weighted by atomic mass is 16.5. The molecule has 0 saturated heterocycles. The first kappa shape index (κ1) is 17.9. The highest BCUT2D eigenvalue weighted by Crippen LogP contribution is 2.20. The van der Waals surface area contributed by atoms with Crippen LogP contribution in [-0.4, -0.2) is 24.3 Å². The minimum absolute atomic E-state index is 0.271. The number of hydrogen-bond acceptors (Lipinski definition) is 5. The lowest BCUT2D eigenvalue weighted by Gasteiger charge is -2.15. The molecule has 0 amide bonds. The van der Waals surface area contributed by atoms with Gasteiger partial charge in [-0.15, -0.1) is 0 Å². The van der Waals surface area contributed by atoms with Gasteiger partial charge in [0.1, 0.15) is 6.04 Å². The topological polar surface area (TPSA) is 64.4 Å². The van der Waals surface area contributed by atoms with Gasteiger partial charge in [0.2, 0.25) is 0 Å². The molecule has 0 aliphatic rings. The van der Waals surface area contributed by atoms with Crippen LogP contribution in [0.2, 0.25) is 0 Å². The zero-order chi connectivity index (χ0) is 18.2. The molecule has 3 aromatic rings. The van der Waals surface area contributed by atoms with Gasteiger partial charge < -0.3 is 14.6 Å². The van der Waals surface area contributed by atoms with E-state index >= 15 is 0 Å². The minimum atomic E-state index is -0.392. The molecule has 26 heavy (non-hydrogen) atoms. The molecule has 5 nitrogen and oxygen atoms in total. The summed E-state index contributed by atoms with van der Waals surface area (Å²) in [4.78, 5) is 12.1. The molecule has 0 saturated carbocycles. The Morgan fingerprint density at radius 1 is 1.12 bits per heavy atom. The first-order valence-electron chi connectivity index (χ1n) is 8.62. The maximum atomic E-state index is 12.1. The van der Waals surface area contributed by atoms with Crippen LogP contribution in [0.15, 0.2) is 71.3 Å². The van der Waals surface area contributed by atoms with E-state index in [4.69, 9.17) is 9.26 Å². The predicted molar refractivity (Wildman–Crippen MR) is 99.3 cm³/mol. The normalized spacial score (nSPS) is 11.9. The number of methoxy groups -OCH3 is 1. The van der Waals surface area contributed by atoms with Gasteiger partial charge in [0.15, 0.2) is 5.76 Å². The second-order valence-electron chi connectivity index (χ2n) is 6.03. The van der Waals surface area contributed by atoms with Gasteiger partial charge in [-0.3, -0.25) is 4.79 Å². The maximum absolute atomic E-state index is 12.1. The van der Waals surface area contributed by atoms with Crippen molar-refractivity contribution in [1.82, 2.24) is 10.5 Å². The van der Waals surface area contributed by atoms with E-state index in [0.29, 0.717) is 19.4 Å². The van der Waals surface area contributed by atoms with Crippen molar-refractivity contribution in [3.8, 4) is 11.3 Å². The molecule has 0 spiro atoms. The van der Waals surface area contributed by atoms with Crippen LogP contribution >= 0.6 is 0 Å². The van der Waals surface area contributed by atoms with Crippen LogP contribution in [0, 0.1) is 0 Å². The lowest BCUT2D eigenvalue weighted by molar-refractivity contribution is -0.143. The van der Waals surface area contributed by atoms with Crippen LogP contribution in [0.25, 0.3) is 11.3 Å². The molecule has 0 radical (unpaired) electrons. The monoisotopic (exact) mass is 350 g/mol. The van der Waals surface area contributed by atoms with E-state index in [2.05, 4.69) is 10.5 Å². The number of esters is 1. The summed E-state index contributed by atoms with van der Waals surface area (Å²) in [5.41, 5.74) is 2.92. The minimum Gasteiger partial charge on any atom is -0.468 e. The predicted octanol–water partition coefficient (Wildman–Crippen LogP) is 3.61. The molecular formula is C21H22N2O3. The molecule has 1 atom stereocenters. The zero-order valence-electron chi connectivity index (χ0n) is 14.7. The second-order valence-corrected chi connectivity index (χ2v) is 6.03. The summed E-state index contributed by atoms with van der Waals surface area (Å²) < 4.78 is 10.3. The Morgan fingerprint density at radius 3 is 2.50 bits per heavy atom. The number of ether oxygens (including phenoxy) is 1. The van der Waals surface area contributed by atoms with Crippen LogP contribution in [0.1, 0.15) is 17.7 Å². The molecule has 0 fully saturated rings. The van der Waals surface area contributed by atoms with Gasteiger partial charge in [-0.1, -0.05) is 65.8 Å². The van der Waals surface area contributed by atoms with Gasteiger partial charge in [-0.05, 0) is 18.4 Å². The van der Waals surface area contributed by atoms with E-state index in [1.165, 1.54) is 7.11 Å². The molecule has 2 aromatic carbocycles. The molecule has 134 valence electrons. The molecule has 0 aliphatic carbocycles. The number of carbonyl (C=O) groups excluding carboxylic acids is 1. The number of nitrogens with one attached hydrogen (secondary N) is 1. The summed E-state index contributed by atoms with van der Waals surface area (Å²) in [6, 6.07) is 21.3. The second kappa shape index (κ2) is 8.97. The molecule has 3 rings (SSSR count). The average molecular weight is 350 g/mol. The summed E-state index contributed by atoms with van der Waals surface area (Å²) in [6.45, 7) is 0.606. The lowest BCUT2D eigenvalue weighted by Crippen LogP contribution is -2.37. The van der Waals surface area contributed by atoms with Crippen molar-refractivity contribution in [3.63, 3.8) is 0 Å². The SMILES string of the molecule is COC(=O)[C@@H](CCc1cc(-c2ccccc2)on1)NCc1ccccc1. The Kier molecular flexibility index (Phi) is 6.17. The fourth-order valence-corrected chi connectivity index (χ4v) is 2.74. The number of nitrogens with zero attached hydrogens (tertiary/aromatic N) is 1. The smallest absolute Gasteiger partial charge is 0.322 e. The molecule has 1 N–H and O–H groups in total. The maximum Gasteiger partial charge on any atom is 0.322 e. The Balaban J connectivity index is 1.59. The van der Waals surface area contributed by atoms with E-state index < -0.39 is 6.04 Å². The highest BCUT2D eigenvalue weighted by molar-refractivity contribution is 5.75. The van der Waals surface area contributed by atoms with Crippen molar-refractivity contribution in [3.05, 3.63) is 78.0 Å². The van der Waals surface area contributed by atoms with Gasteiger partial charge in [-0.2, -0.15) is 0 Å². The van der Waals surface area contributed by atoms with E-state index in [1.807, 2.05) is 66.7 Å². The van der Waals surface area contributed by atoms with Gasteiger partial charge in [0, 0.05) is 18.2 Å². The summed E-state index contributed by atoms with van der Waals surface area (Å²) >= 11 is 0. The quantitative estimate of drug-likeness (QED) is 0.629. The van der Waals surface area contributed by atoms with Crippen LogP contribution < -0.4 is 5.32 Å². The molecular weight excluding hydrogens is 328 g/mol. The van der Waals surface area contributed by atoms with Crippen LogP contribution in [-0.2, 0) is 22.5 Å². The van der Waals surface area contributed by atoms with Crippen LogP contribution in [0.5, 0.6) is 0 Å². The lowest BCUT2D eigenvalue weighted by atomic mass is 10.1. The third-order valence-electron chi connectivity index (χ3n) is 4.19. The number of aryl methyl sites for hydroxylation is 1. The van der Waals surface area contributed by atoms with E-state index in [9.17, 15) is 4.79 Å². The summed E-state index contributed by atoms with van der Waals surface area (Å²) in [5.74, 6) is 0.458. The largest absolute Gasteiger partial charge is 0.468 e. The van der Waals surface area contributed by atoms with Gasteiger partial charge in [0.05, 0.1) is 12.8 Å². The summed E-state index contributed by atoms with van der Waals surface area (Å²) in [5, 5.41) is 7.38. The van der Waals surface area contributed by atoms with Crippen molar-refractivity contribution in [2.24, 2.45) is 0 Å². The van der Waals surface area contributed by atoms with Gasteiger partial charge in [0.25, 0.3) is 0 Å². The Morgan fingerprint density at radius 2 is 1.81 bits per heavy atom. The van der Waals surface area contributed by atoms with E-state index in [0.717, 1.165) is 22.6 Å². The number of carbonyl (C=O) groups is 1. The molecule has 1 aromatic heterocycles. The molecule has 0 unspecified atom stereocenters. The Bertz CT molecular complexity index is 816. The van der Waals surface area contributed by atoms with Crippen molar-refractivity contribution < 1.29 is 14.1 Å². The Hall–Kier alpha value is -2.92. The zero-order valence-corrected chi connectivity index (χ0v) is 14.7. The number of rotatable bonds is 8. The first-order valence-corrected chi connectivity index (χ1v) is 8.62. The Labute approximate surface area is 153 Å². The molecule has 0 bridgehead atoms. The highest BCUT2D eigenvalue weighted by Gasteiger charge is 2.19. The third-order valence-corrected chi connectivity index (χ3v) is 4.19. The molecule has 5 heteroatoms. The van der Waals surface area contributed by atoms with Crippen molar-refractivity contribution >= 4 is 5.97 Å². The number of benzene rings is 2. The molecule has 0 aliphatic heterocycles. The van der Waals surface area contributed by atoms with Crippen molar-refractivity contribution in [2.75, 3.05) is 7.11 Å². The van der Waals surface area contributed by atoms with E-state index in [1.54, 1.807) is 0 Å². The third kappa shape index (κ3) is 4.80. The average Bonchev–Trinajstić information content (AvgIpc) is 3.18. The number of aromatic nitrogens is 1. The van der Waals surface area contributed by atoms with Gasteiger partial charge in [-0.25, -0.2) is 0 Å². The van der Waals surface area contributed by atoms with E-state index in [-0.39, 0.29) is 5.97 Å². The first-order chi connectivity index (χ1) is 12.8. The standard InChI is InChI=1S/C21H22N2O3/c1-25-21(24)19(22-15-16-8-4-2-5-9-16)13-12-18-14-20(26-23-18)17-10-6-3-7-11-17/h2-11,14,19,22H,12-13,15H2,1H3/t19-/m1/s1. The van der Waals surface area contributed by atoms with Gasteiger partial charge >= 0.3 is 5.97 Å². The fraction of sp³-hybridized carbons (Fsp3) is 0.238. The van der Waals surface area contributed by atoms with Crippen LogP contribution in [0.4, 0.5) is 0 Å². The van der Waals surface area contributed by atoms with Crippen LogP contribution in [0.3, 0.4) is 0 Å². The van der Waals surface area contributed by atoms with Crippen molar-refractivity contribution in [1.29, 1.82) is 0 Å².